The highest BCUT2D eigenvalue weighted by atomic mass is 28.4. The van der Waals surface area contributed by atoms with E-state index in [-0.39, 0.29) is 6.61 Å². The van der Waals surface area contributed by atoms with E-state index in [4.69, 9.17) is 22.8 Å². The Bertz CT molecular complexity index is 265. The molecule has 0 saturated heterocycles. The van der Waals surface area contributed by atoms with E-state index in [1.165, 1.54) is 12.5 Å². The average molecular weight is 320 g/mol. The molecule has 0 radical (unpaired) electrons. The Morgan fingerprint density at radius 1 is 0.952 bits per heavy atom. The van der Waals surface area contributed by atoms with E-state index in [1.54, 1.807) is 6.92 Å². The molecule has 6 nitrogen and oxygen atoms in total. The van der Waals surface area contributed by atoms with Crippen molar-refractivity contribution in [1.82, 2.24) is 0 Å². The van der Waals surface area contributed by atoms with Gasteiger partial charge in [0.25, 0.3) is 0 Å². The SMILES string of the molecule is C=COC(CCC)O[Si](O)(OCC)OC(CCC)OC=C. The van der Waals surface area contributed by atoms with E-state index >= 15 is 0 Å². The van der Waals surface area contributed by atoms with Gasteiger partial charge in [0, 0.05) is 19.4 Å². The second kappa shape index (κ2) is 11.8. The second-order valence-electron chi connectivity index (χ2n) is 4.23. The van der Waals surface area contributed by atoms with Crippen LogP contribution in [0.1, 0.15) is 46.5 Å². The summed E-state index contributed by atoms with van der Waals surface area (Å²) in [6.45, 7) is 12.9. The van der Waals surface area contributed by atoms with Gasteiger partial charge >= 0.3 is 9.05 Å². The molecule has 0 fully saturated rings. The second-order valence-corrected chi connectivity index (χ2v) is 6.04. The number of ether oxygens (including phenoxy) is 2. The highest BCUT2D eigenvalue weighted by Gasteiger charge is 2.46. The molecule has 2 atom stereocenters. The molecule has 0 aromatic carbocycles. The molecule has 0 aliphatic carbocycles. The minimum atomic E-state index is -3.87. The molecule has 0 bridgehead atoms. The van der Waals surface area contributed by atoms with Gasteiger partial charge in [-0.2, -0.15) is 0 Å². The predicted octanol–water partition coefficient (Wildman–Crippen LogP) is 3.06. The van der Waals surface area contributed by atoms with Crippen LogP contribution in [0.4, 0.5) is 0 Å². The monoisotopic (exact) mass is 320 g/mol. The molecular weight excluding hydrogens is 292 g/mol. The zero-order valence-electron chi connectivity index (χ0n) is 13.2. The number of rotatable bonds is 14. The van der Waals surface area contributed by atoms with Crippen LogP contribution in [0.5, 0.6) is 0 Å². The topological polar surface area (TPSA) is 66.4 Å². The van der Waals surface area contributed by atoms with E-state index in [1.807, 2.05) is 13.8 Å². The molecule has 2 unspecified atom stereocenters. The first kappa shape index (κ1) is 20.1. The lowest BCUT2D eigenvalue weighted by atomic mass is 10.3. The van der Waals surface area contributed by atoms with Crippen LogP contribution in [0.2, 0.25) is 0 Å². The number of hydrogen-bond donors (Lipinski definition) is 1. The summed E-state index contributed by atoms with van der Waals surface area (Å²) < 4.78 is 26.8. The molecule has 0 rings (SSSR count). The molecule has 0 spiro atoms. The fourth-order valence-corrected chi connectivity index (χ4v) is 3.17. The normalized spacial score (nSPS) is 16.6. The molecule has 0 heterocycles. The molecule has 0 saturated carbocycles. The van der Waals surface area contributed by atoms with Crippen molar-refractivity contribution in [2.75, 3.05) is 6.61 Å². The van der Waals surface area contributed by atoms with Crippen molar-refractivity contribution >= 4 is 9.05 Å². The van der Waals surface area contributed by atoms with Crippen molar-refractivity contribution in [3.8, 4) is 0 Å². The minimum Gasteiger partial charge on any atom is -0.474 e. The third-order valence-electron chi connectivity index (χ3n) is 2.43. The number of hydrogen-bond acceptors (Lipinski definition) is 6. The van der Waals surface area contributed by atoms with E-state index in [2.05, 4.69) is 13.2 Å². The van der Waals surface area contributed by atoms with Gasteiger partial charge in [0.15, 0.2) is 12.6 Å². The Kier molecular flexibility index (Phi) is 11.3. The molecular formula is C14H28O6Si. The van der Waals surface area contributed by atoms with E-state index < -0.39 is 21.6 Å². The fourth-order valence-electron chi connectivity index (χ4n) is 1.61. The van der Waals surface area contributed by atoms with Gasteiger partial charge in [-0.3, -0.25) is 0 Å². The first-order valence-electron chi connectivity index (χ1n) is 7.29. The van der Waals surface area contributed by atoms with Crippen molar-refractivity contribution in [3.63, 3.8) is 0 Å². The van der Waals surface area contributed by atoms with Crippen molar-refractivity contribution in [3.05, 3.63) is 25.7 Å². The third kappa shape index (κ3) is 8.89. The van der Waals surface area contributed by atoms with Gasteiger partial charge in [0.1, 0.15) is 0 Å². The van der Waals surface area contributed by atoms with E-state index in [0.717, 1.165) is 12.8 Å². The van der Waals surface area contributed by atoms with Gasteiger partial charge in [-0.1, -0.05) is 39.8 Å². The Hall–Kier alpha value is -0.863. The Labute approximate surface area is 128 Å². The molecule has 7 heteroatoms. The van der Waals surface area contributed by atoms with Crippen LogP contribution in [0.15, 0.2) is 25.7 Å². The average Bonchev–Trinajstić information content (AvgIpc) is 2.39. The highest BCUT2D eigenvalue weighted by Crippen LogP contribution is 2.18. The molecule has 21 heavy (non-hydrogen) atoms. The maximum Gasteiger partial charge on any atom is 0.682 e. The fraction of sp³-hybridized carbons (Fsp3) is 0.714. The Morgan fingerprint density at radius 3 is 1.67 bits per heavy atom. The zero-order valence-corrected chi connectivity index (χ0v) is 14.2. The zero-order chi connectivity index (χ0) is 16.1. The molecule has 0 aromatic rings. The lowest BCUT2D eigenvalue weighted by Gasteiger charge is -2.30. The largest absolute Gasteiger partial charge is 0.682 e. The summed E-state index contributed by atoms with van der Waals surface area (Å²) in [5.41, 5.74) is 0. The van der Waals surface area contributed by atoms with Gasteiger partial charge in [0.2, 0.25) is 0 Å². The third-order valence-corrected chi connectivity index (χ3v) is 4.21. The van der Waals surface area contributed by atoms with Crippen LogP contribution < -0.4 is 0 Å². The van der Waals surface area contributed by atoms with Crippen molar-refractivity contribution in [1.29, 1.82) is 0 Å². The van der Waals surface area contributed by atoms with Crippen LogP contribution in [-0.2, 0) is 22.8 Å². The predicted molar refractivity (Wildman–Crippen MR) is 81.7 cm³/mol. The quantitative estimate of drug-likeness (QED) is 0.301. The van der Waals surface area contributed by atoms with Crippen LogP contribution in [0.25, 0.3) is 0 Å². The first-order chi connectivity index (χ1) is 10.0. The molecule has 0 aromatic heterocycles. The molecule has 1 N–H and O–H groups in total. The molecule has 124 valence electrons. The Morgan fingerprint density at radius 2 is 1.38 bits per heavy atom. The van der Waals surface area contributed by atoms with Gasteiger partial charge in [-0.05, 0) is 6.92 Å². The van der Waals surface area contributed by atoms with Crippen LogP contribution in [0.3, 0.4) is 0 Å². The summed E-state index contributed by atoms with van der Waals surface area (Å²) in [5.74, 6) is 0. The van der Waals surface area contributed by atoms with Crippen molar-refractivity contribution in [2.24, 2.45) is 0 Å². The van der Waals surface area contributed by atoms with Gasteiger partial charge in [-0.15, -0.1) is 0 Å². The summed E-state index contributed by atoms with van der Waals surface area (Å²) >= 11 is 0. The summed E-state index contributed by atoms with van der Waals surface area (Å²) in [7, 11) is -3.87. The maximum atomic E-state index is 10.5. The van der Waals surface area contributed by atoms with Gasteiger partial charge in [0.05, 0.1) is 12.5 Å². The van der Waals surface area contributed by atoms with E-state index in [9.17, 15) is 4.80 Å². The molecule has 0 aliphatic heterocycles. The minimum absolute atomic E-state index is 0.253. The standard InChI is InChI=1S/C14H28O6Si/c1-6-11-13(16-8-3)19-21(15,18-10-5)20-14(12-7-2)17-9-4/h8-9,13-15H,3-4,6-7,10-12H2,1-2,5H3. The lowest BCUT2D eigenvalue weighted by molar-refractivity contribution is -0.160. The van der Waals surface area contributed by atoms with E-state index in [0.29, 0.717) is 12.8 Å². The van der Waals surface area contributed by atoms with Crippen molar-refractivity contribution in [2.45, 2.75) is 59.0 Å². The molecule has 0 amide bonds. The van der Waals surface area contributed by atoms with Gasteiger partial charge < -0.3 is 27.5 Å². The maximum absolute atomic E-state index is 10.5. The summed E-state index contributed by atoms with van der Waals surface area (Å²) in [6.07, 6.45) is 4.00. The molecule has 0 aliphatic rings. The summed E-state index contributed by atoms with van der Waals surface area (Å²) in [4.78, 5) is 10.5. The van der Waals surface area contributed by atoms with Gasteiger partial charge in [-0.25, -0.2) is 0 Å². The highest BCUT2D eigenvalue weighted by molar-refractivity contribution is 6.52. The lowest BCUT2D eigenvalue weighted by Crippen LogP contribution is -2.51. The van der Waals surface area contributed by atoms with Crippen molar-refractivity contribution < 1.29 is 27.5 Å². The summed E-state index contributed by atoms with van der Waals surface area (Å²) in [5, 5.41) is 0. The van der Waals surface area contributed by atoms with Crippen LogP contribution in [0, 0.1) is 0 Å². The van der Waals surface area contributed by atoms with Crippen LogP contribution >= 0.6 is 0 Å². The first-order valence-corrected chi connectivity index (χ1v) is 8.97. The Balaban J connectivity index is 4.83. The van der Waals surface area contributed by atoms with Crippen LogP contribution in [-0.4, -0.2) is 33.0 Å². The smallest absolute Gasteiger partial charge is 0.474 e. The summed E-state index contributed by atoms with van der Waals surface area (Å²) in [6, 6.07) is 0.